The largest absolute Gasteiger partial charge is 0.356 e. The van der Waals surface area contributed by atoms with Crippen LogP contribution in [0, 0.1) is 5.92 Å². The van der Waals surface area contributed by atoms with Crippen LogP contribution in [0.15, 0.2) is 46.1 Å². The van der Waals surface area contributed by atoms with Gasteiger partial charge in [0.2, 0.25) is 5.16 Å². The van der Waals surface area contributed by atoms with Gasteiger partial charge in [-0.3, -0.25) is 0 Å². The number of aryl methyl sites for hydroxylation is 1. The molecule has 2 heterocycles. The summed E-state index contributed by atoms with van der Waals surface area (Å²) in [6, 6.07) is 11.9. The van der Waals surface area contributed by atoms with Crippen LogP contribution in [-0.2, 0) is 12.2 Å². The van der Waals surface area contributed by atoms with Gasteiger partial charge >= 0.3 is 0 Å². The van der Waals surface area contributed by atoms with Gasteiger partial charge in [-0.1, -0.05) is 79.4 Å². The van der Waals surface area contributed by atoms with Crippen LogP contribution in [0.4, 0.5) is 0 Å². The van der Waals surface area contributed by atoms with Crippen LogP contribution < -0.4 is 5.84 Å². The minimum absolute atomic E-state index is 0.647. The third-order valence-corrected chi connectivity index (χ3v) is 6.18. The molecule has 1 aromatic carbocycles. The summed E-state index contributed by atoms with van der Waals surface area (Å²) in [7, 11) is 0. The second-order valence-electron chi connectivity index (χ2n) is 7.15. The first-order valence-corrected chi connectivity index (χ1v) is 10.6. The van der Waals surface area contributed by atoms with Crippen molar-refractivity contribution >= 4 is 11.8 Å². The Morgan fingerprint density at radius 2 is 1.93 bits per heavy atom. The van der Waals surface area contributed by atoms with E-state index in [1.165, 1.54) is 43.9 Å². The molecule has 0 spiro atoms. The highest BCUT2D eigenvalue weighted by Gasteiger charge is 2.17. The molecule has 1 saturated carbocycles. The number of nitrogens with two attached hydrogens (primary N) is 1. The van der Waals surface area contributed by atoms with E-state index < -0.39 is 0 Å². The quantitative estimate of drug-likeness (QED) is 0.479. The van der Waals surface area contributed by atoms with Gasteiger partial charge in [0.1, 0.15) is 0 Å². The molecule has 4 rings (SSSR count). The molecule has 0 unspecified atom stereocenters. The van der Waals surface area contributed by atoms with Crippen molar-refractivity contribution in [2.45, 2.75) is 55.9 Å². The number of aromatic nitrogens is 4. The molecule has 0 radical (unpaired) electrons. The van der Waals surface area contributed by atoms with Crippen molar-refractivity contribution in [3.8, 4) is 11.3 Å². The summed E-state index contributed by atoms with van der Waals surface area (Å²) >= 11 is 1.53. The van der Waals surface area contributed by atoms with Crippen molar-refractivity contribution in [3.05, 3.63) is 47.9 Å². The fraction of sp³-hybridized carbons (Fsp3) is 0.450. The highest BCUT2D eigenvalue weighted by atomic mass is 32.2. The van der Waals surface area contributed by atoms with E-state index in [4.69, 9.17) is 10.4 Å². The molecule has 2 N–H and O–H groups in total. The van der Waals surface area contributed by atoms with E-state index in [-0.39, 0.29) is 0 Å². The molecule has 0 atom stereocenters. The first-order chi connectivity index (χ1) is 13.3. The van der Waals surface area contributed by atoms with Gasteiger partial charge in [-0.25, -0.2) is 4.68 Å². The Kier molecular flexibility index (Phi) is 5.77. The Bertz CT molecular complexity index is 854. The maximum atomic E-state index is 6.21. The third kappa shape index (κ3) is 4.53. The second kappa shape index (κ2) is 8.61. The lowest BCUT2D eigenvalue weighted by atomic mass is 9.86. The van der Waals surface area contributed by atoms with E-state index >= 15 is 0 Å². The summed E-state index contributed by atoms with van der Waals surface area (Å²) in [4.78, 5) is 0. The van der Waals surface area contributed by atoms with E-state index in [1.54, 1.807) is 4.68 Å². The number of nitrogens with zero attached hydrogens (tertiary/aromatic N) is 4. The summed E-state index contributed by atoms with van der Waals surface area (Å²) in [5.41, 5.74) is 1.89. The molecule has 7 heteroatoms. The first kappa shape index (κ1) is 18.1. The fourth-order valence-electron chi connectivity index (χ4n) is 3.64. The van der Waals surface area contributed by atoms with Crippen LogP contribution >= 0.6 is 11.8 Å². The summed E-state index contributed by atoms with van der Waals surface area (Å²) in [6.45, 7) is 0. The zero-order valence-corrected chi connectivity index (χ0v) is 16.2. The lowest BCUT2D eigenvalue weighted by Gasteiger charge is -2.20. The van der Waals surface area contributed by atoms with Crippen molar-refractivity contribution in [2.24, 2.45) is 5.92 Å². The van der Waals surface area contributed by atoms with Crippen molar-refractivity contribution in [1.29, 1.82) is 0 Å². The van der Waals surface area contributed by atoms with E-state index in [1.807, 2.05) is 36.4 Å². The van der Waals surface area contributed by atoms with Gasteiger partial charge in [-0.15, -0.1) is 10.2 Å². The lowest BCUT2D eigenvalue weighted by Crippen LogP contribution is -2.16. The van der Waals surface area contributed by atoms with E-state index in [0.29, 0.717) is 5.75 Å². The van der Waals surface area contributed by atoms with Crippen LogP contribution in [0.2, 0.25) is 0 Å². The van der Waals surface area contributed by atoms with Gasteiger partial charge in [-0.2, -0.15) is 0 Å². The number of nitrogen functional groups attached to an aromatic ring is 1. The molecule has 6 nitrogen and oxygen atoms in total. The predicted octanol–water partition coefficient (Wildman–Crippen LogP) is 4.45. The number of hydrogen-bond acceptors (Lipinski definition) is 6. The zero-order chi connectivity index (χ0) is 18.5. The highest BCUT2D eigenvalue weighted by Crippen LogP contribution is 2.28. The standard InChI is InChI=1S/C20H25N5OS/c21-25-19(12-11-15-7-3-1-4-8-15)22-23-20(25)27-14-17-13-18(26-24-17)16-9-5-2-6-10-16/h2,5-6,9-10,13,15H,1,3-4,7-8,11-12,14,21H2. The molecule has 0 aliphatic heterocycles. The Hall–Kier alpha value is -2.28. The molecule has 0 amide bonds. The summed E-state index contributed by atoms with van der Waals surface area (Å²) < 4.78 is 7.07. The van der Waals surface area contributed by atoms with Crippen LogP contribution in [0.3, 0.4) is 0 Å². The predicted molar refractivity (Wildman–Crippen MR) is 107 cm³/mol. The van der Waals surface area contributed by atoms with Gasteiger partial charge in [0.25, 0.3) is 0 Å². The topological polar surface area (TPSA) is 82.8 Å². The molecule has 1 fully saturated rings. The van der Waals surface area contributed by atoms with Gasteiger partial charge in [0, 0.05) is 23.8 Å². The monoisotopic (exact) mass is 383 g/mol. The lowest BCUT2D eigenvalue weighted by molar-refractivity contribution is 0.336. The third-order valence-electron chi connectivity index (χ3n) is 5.20. The number of hydrogen-bond donors (Lipinski definition) is 1. The number of thioether (sulfide) groups is 1. The van der Waals surface area contributed by atoms with Gasteiger partial charge < -0.3 is 10.4 Å². The van der Waals surface area contributed by atoms with Gasteiger partial charge in [0.05, 0.1) is 5.69 Å². The van der Waals surface area contributed by atoms with Gasteiger partial charge in [0.15, 0.2) is 11.6 Å². The average molecular weight is 384 g/mol. The first-order valence-electron chi connectivity index (χ1n) is 9.63. The zero-order valence-electron chi connectivity index (χ0n) is 15.4. The average Bonchev–Trinajstić information content (AvgIpc) is 3.33. The molecule has 1 aliphatic carbocycles. The summed E-state index contributed by atoms with van der Waals surface area (Å²) in [5.74, 6) is 9.31. The Labute approximate surface area is 163 Å². The van der Waals surface area contributed by atoms with Crippen molar-refractivity contribution in [1.82, 2.24) is 20.0 Å². The molecule has 0 saturated heterocycles. The molecular weight excluding hydrogens is 358 g/mol. The van der Waals surface area contributed by atoms with E-state index in [0.717, 1.165) is 46.8 Å². The minimum Gasteiger partial charge on any atom is -0.356 e. The Balaban J connectivity index is 1.32. The van der Waals surface area contributed by atoms with E-state index in [2.05, 4.69) is 15.4 Å². The van der Waals surface area contributed by atoms with E-state index in [9.17, 15) is 0 Å². The Morgan fingerprint density at radius 1 is 1.11 bits per heavy atom. The molecule has 27 heavy (non-hydrogen) atoms. The Morgan fingerprint density at radius 3 is 2.74 bits per heavy atom. The summed E-state index contributed by atoms with van der Waals surface area (Å²) in [5, 5.41) is 13.4. The second-order valence-corrected chi connectivity index (χ2v) is 8.09. The van der Waals surface area contributed by atoms with Crippen LogP contribution in [0.5, 0.6) is 0 Å². The molecule has 1 aliphatic rings. The minimum atomic E-state index is 0.647. The SMILES string of the molecule is Nn1c(CCC2CCCCC2)nnc1SCc1cc(-c2ccccc2)on1. The van der Waals surface area contributed by atoms with Crippen molar-refractivity contribution < 1.29 is 4.52 Å². The van der Waals surface area contributed by atoms with Crippen molar-refractivity contribution in [3.63, 3.8) is 0 Å². The fourth-order valence-corrected chi connectivity index (χ4v) is 4.40. The maximum absolute atomic E-state index is 6.21. The normalized spacial score (nSPS) is 15.3. The van der Waals surface area contributed by atoms with Crippen LogP contribution in [0.1, 0.15) is 50.0 Å². The molecule has 2 aromatic heterocycles. The maximum Gasteiger partial charge on any atom is 0.210 e. The number of benzene rings is 1. The van der Waals surface area contributed by atoms with Crippen LogP contribution in [0.25, 0.3) is 11.3 Å². The van der Waals surface area contributed by atoms with Gasteiger partial charge in [-0.05, 0) is 12.3 Å². The molecular formula is C20H25N5OS. The van der Waals surface area contributed by atoms with Crippen LogP contribution in [-0.4, -0.2) is 20.0 Å². The number of rotatable bonds is 7. The molecule has 0 bridgehead atoms. The smallest absolute Gasteiger partial charge is 0.210 e. The molecule has 142 valence electrons. The molecule has 3 aromatic rings. The highest BCUT2D eigenvalue weighted by molar-refractivity contribution is 7.98. The van der Waals surface area contributed by atoms with Crippen molar-refractivity contribution in [2.75, 3.05) is 5.84 Å². The summed E-state index contributed by atoms with van der Waals surface area (Å²) in [6.07, 6.45) is 8.86.